The number of hydrogen-bond acceptors (Lipinski definition) is 2. The van der Waals surface area contributed by atoms with Crippen LogP contribution in [0, 0.1) is 34.5 Å². The number of halogens is 4. The third-order valence-corrected chi connectivity index (χ3v) is 10.2. The first-order valence-corrected chi connectivity index (χ1v) is 13.0. The molecule has 1 aromatic rings. The Balaban J connectivity index is 1.33. The van der Waals surface area contributed by atoms with Crippen molar-refractivity contribution in [2.24, 2.45) is 34.5 Å². The van der Waals surface area contributed by atoms with Gasteiger partial charge in [0.15, 0.2) is 5.83 Å². The molecule has 0 saturated heterocycles. The van der Waals surface area contributed by atoms with E-state index < -0.39 is 28.9 Å². The zero-order valence-corrected chi connectivity index (χ0v) is 21.0. The minimum absolute atomic E-state index is 0.0238. The van der Waals surface area contributed by atoms with Gasteiger partial charge in [-0.3, -0.25) is 9.59 Å². The molecule has 8 heteroatoms. The van der Waals surface area contributed by atoms with Gasteiger partial charge in [-0.1, -0.05) is 32.0 Å². The van der Waals surface area contributed by atoms with Crippen LogP contribution in [0.5, 0.6) is 0 Å². The van der Waals surface area contributed by atoms with Gasteiger partial charge in [0, 0.05) is 31.0 Å². The van der Waals surface area contributed by atoms with Crippen LogP contribution < -0.4 is 5.32 Å². The summed E-state index contributed by atoms with van der Waals surface area (Å²) in [4.78, 5) is 27.1. The average molecular weight is 507 g/mol. The number of amides is 2. The normalized spacial score (nSPS) is 38.1. The first-order chi connectivity index (χ1) is 16.9. The van der Waals surface area contributed by atoms with Gasteiger partial charge in [0.05, 0.1) is 5.56 Å². The van der Waals surface area contributed by atoms with Gasteiger partial charge in [-0.15, -0.1) is 0 Å². The third kappa shape index (κ3) is 3.77. The van der Waals surface area contributed by atoms with E-state index in [0.29, 0.717) is 18.3 Å². The monoisotopic (exact) mass is 506 g/mol. The molecule has 0 bridgehead atoms. The number of hydrogen-bond donors (Lipinski definition) is 1. The molecule has 2 unspecified atom stereocenters. The summed E-state index contributed by atoms with van der Waals surface area (Å²) in [5.74, 6) is -0.782. The minimum atomic E-state index is -4.47. The van der Waals surface area contributed by atoms with Gasteiger partial charge in [-0.2, -0.15) is 13.2 Å². The van der Waals surface area contributed by atoms with Crippen molar-refractivity contribution in [2.75, 3.05) is 7.05 Å². The SMILES string of the molecule is CN1C(=O)C(F)=C[C@]2(C)C3CC[C@]4(C)[C@@H](C(=O)NCc5ccccc5C(F)(F)F)CC[C@H]4C3CC[C@@H]12. The van der Waals surface area contributed by atoms with Crippen molar-refractivity contribution in [2.45, 2.75) is 71.1 Å². The van der Waals surface area contributed by atoms with E-state index in [1.165, 1.54) is 12.1 Å². The van der Waals surface area contributed by atoms with Crippen molar-refractivity contribution in [1.82, 2.24) is 10.2 Å². The van der Waals surface area contributed by atoms with Crippen molar-refractivity contribution in [1.29, 1.82) is 0 Å². The number of likely N-dealkylation sites (N-methyl/N-ethyl adjacent to an activating group) is 1. The number of nitrogens with zero attached hydrogens (tertiary/aromatic N) is 1. The molecular formula is C28H34F4N2O2. The fourth-order valence-electron chi connectivity index (χ4n) is 8.52. The van der Waals surface area contributed by atoms with Crippen molar-refractivity contribution in [3.8, 4) is 0 Å². The number of alkyl halides is 3. The van der Waals surface area contributed by atoms with Gasteiger partial charge in [0.1, 0.15) is 0 Å². The molecular weight excluding hydrogens is 472 g/mol. The minimum Gasteiger partial charge on any atom is -0.352 e. The summed E-state index contributed by atoms with van der Waals surface area (Å²) < 4.78 is 54.7. The van der Waals surface area contributed by atoms with Gasteiger partial charge in [0.2, 0.25) is 5.91 Å². The first-order valence-electron chi connectivity index (χ1n) is 13.0. The van der Waals surface area contributed by atoms with Crippen LogP contribution in [-0.2, 0) is 22.3 Å². The van der Waals surface area contributed by atoms with Crippen molar-refractivity contribution in [3.05, 3.63) is 47.3 Å². The Kier molecular flexibility index (Phi) is 6.03. The molecule has 0 radical (unpaired) electrons. The molecule has 7 atom stereocenters. The van der Waals surface area contributed by atoms with Crippen LogP contribution in [0.15, 0.2) is 36.2 Å². The Bertz CT molecular complexity index is 1100. The van der Waals surface area contributed by atoms with E-state index in [1.54, 1.807) is 24.1 Å². The topological polar surface area (TPSA) is 49.4 Å². The maximum Gasteiger partial charge on any atom is 0.416 e. The lowest BCUT2D eigenvalue weighted by molar-refractivity contribution is -0.145. The summed E-state index contributed by atoms with van der Waals surface area (Å²) in [6.45, 7) is 4.09. The number of carbonyl (C=O) groups is 2. The number of carbonyl (C=O) groups excluding carboxylic acids is 2. The molecule has 1 N–H and O–H groups in total. The van der Waals surface area contributed by atoms with E-state index in [-0.39, 0.29) is 41.3 Å². The molecule has 2 amide bonds. The summed E-state index contributed by atoms with van der Waals surface area (Å²) in [7, 11) is 1.69. The fourth-order valence-corrected chi connectivity index (χ4v) is 8.52. The largest absolute Gasteiger partial charge is 0.416 e. The fraction of sp³-hybridized carbons (Fsp3) is 0.643. The van der Waals surface area contributed by atoms with Crippen LogP contribution >= 0.6 is 0 Å². The van der Waals surface area contributed by atoms with Gasteiger partial charge in [0.25, 0.3) is 5.91 Å². The molecule has 0 spiro atoms. The summed E-state index contributed by atoms with van der Waals surface area (Å²) in [5, 5.41) is 2.81. The number of rotatable bonds is 3. The molecule has 0 aromatic heterocycles. The Labute approximate surface area is 209 Å². The smallest absolute Gasteiger partial charge is 0.352 e. The van der Waals surface area contributed by atoms with Crippen LogP contribution in [-0.4, -0.2) is 29.8 Å². The van der Waals surface area contributed by atoms with Gasteiger partial charge in [-0.25, -0.2) is 4.39 Å². The molecule has 3 aliphatic carbocycles. The highest BCUT2D eigenvalue weighted by Crippen LogP contribution is 2.65. The van der Waals surface area contributed by atoms with Gasteiger partial charge >= 0.3 is 6.18 Å². The Morgan fingerprint density at radius 2 is 1.81 bits per heavy atom. The molecule has 3 saturated carbocycles. The molecule has 5 rings (SSSR count). The van der Waals surface area contributed by atoms with Crippen LogP contribution in [0.2, 0.25) is 0 Å². The zero-order chi connectivity index (χ0) is 26.0. The van der Waals surface area contributed by atoms with Gasteiger partial charge in [-0.05, 0) is 79.4 Å². The van der Waals surface area contributed by atoms with E-state index >= 15 is 0 Å². The van der Waals surface area contributed by atoms with Crippen LogP contribution in [0.25, 0.3) is 0 Å². The van der Waals surface area contributed by atoms with E-state index in [9.17, 15) is 27.2 Å². The summed E-state index contributed by atoms with van der Waals surface area (Å²) in [5.41, 5.74) is -1.32. The molecule has 4 aliphatic rings. The van der Waals surface area contributed by atoms with E-state index in [1.807, 2.05) is 0 Å². The molecule has 1 heterocycles. The quantitative estimate of drug-likeness (QED) is 0.521. The van der Waals surface area contributed by atoms with Crippen molar-refractivity contribution < 1.29 is 27.2 Å². The Morgan fingerprint density at radius 1 is 1.08 bits per heavy atom. The number of nitrogens with one attached hydrogen (secondary N) is 1. The third-order valence-electron chi connectivity index (χ3n) is 10.2. The van der Waals surface area contributed by atoms with E-state index in [2.05, 4.69) is 19.2 Å². The highest BCUT2D eigenvalue weighted by molar-refractivity contribution is 5.92. The van der Waals surface area contributed by atoms with Crippen LogP contribution in [0.3, 0.4) is 0 Å². The van der Waals surface area contributed by atoms with E-state index in [4.69, 9.17) is 0 Å². The van der Waals surface area contributed by atoms with Crippen molar-refractivity contribution >= 4 is 11.8 Å². The molecule has 36 heavy (non-hydrogen) atoms. The number of benzene rings is 1. The predicted octanol–water partition coefficient (Wildman–Crippen LogP) is 5.87. The first kappa shape index (κ1) is 25.3. The second-order valence-electron chi connectivity index (χ2n) is 11.8. The summed E-state index contributed by atoms with van der Waals surface area (Å²) >= 11 is 0. The molecule has 1 aliphatic heterocycles. The Morgan fingerprint density at radius 3 is 2.53 bits per heavy atom. The second kappa shape index (κ2) is 8.59. The second-order valence-corrected chi connectivity index (χ2v) is 11.8. The standard InChI is InChI=1S/C28H34F4N2O2/c1-26-13-12-20-17(8-11-23-27(20,2)14-22(29)25(36)34(23)3)19(26)9-10-21(26)24(35)33-15-16-6-4-5-7-18(16)28(30,31)32/h4-7,14,17,19-21,23H,8-13,15H2,1-3H3,(H,33,35)/t17?,19-,20?,21+,23+,26-,27+/m0/s1. The van der Waals surface area contributed by atoms with Crippen LogP contribution in [0.4, 0.5) is 17.6 Å². The number of fused-ring (bicyclic) bond motifs is 5. The summed E-state index contributed by atoms with van der Waals surface area (Å²) in [6, 6.07) is 5.33. The highest BCUT2D eigenvalue weighted by Gasteiger charge is 2.62. The van der Waals surface area contributed by atoms with E-state index in [0.717, 1.165) is 38.2 Å². The maximum atomic E-state index is 14.6. The predicted molar refractivity (Wildman–Crippen MR) is 127 cm³/mol. The molecule has 196 valence electrons. The molecule has 4 nitrogen and oxygen atoms in total. The summed E-state index contributed by atoms with van der Waals surface area (Å²) in [6.07, 6.45) is 2.09. The lowest BCUT2D eigenvalue weighted by Gasteiger charge is -2.60. The van der Waals surface area contributed by atoms with Crippen LogP contribution in [0.1, 0.15) is 63.5 Å². The van der Waals surface area contributed by atoms with Gasteiger partial charge < -0.3 is 10.2 Å². The Hall–Kier alpha value is -2.38. The lowest BCUT2D eigenvalue weighted by atomic mass is 9.47. The maximum absolute atomic E-state index is 14.6. The lowest BCUT2D eigenvalue weighted by Crippen LogP contribution is -2.60. The molecule has 3 fully saturated rings. The average Bonchev–Trinajstić information content (AvgIpc) is 3.18. The molecule has 1 aromatic carbocycles. The zero-order valence-electron chi connectivity index (χ0n) is 21.0. The van der Waals surface area contributed by atoms with Crippen molar-refractivity contribution in [3.63, 3.8) is 0 Å². The highest BCUT2D eigenvalue weighted by atomic mass is 19.4.